The van der Waals surface area contributed by atoms with Crippen molar-refractivity contribution in [2.75, 3.05) is 0 Å². The minimum absolute atomic E-state index is 0.0877. The van der Waals surface area contributed by atoms with Crippen LogP contribution in [0.4, 0.5) is 0 Å². The van der Waals surface area contributed by atoms with E-state index in [1.165, 1.54) is 25.7 Å². The Bertz CT molecular complexity index is 98.9. The standard InChI is InChI=1S/C9H18O/c1-7-5-3-4-6-9(7)8(2)10/h7-10H,3-6H2,1-2H3/t7-,8?,9-/m1/s1. The summed E-state index contributed by atoms with van der Waals surface area (Å²) in [6.45, 7) is 4.18. The van der Waals surface area contributed by atoms with E-state index in [4.69, 9.17) is 0 Å². The number of hydrogen-bond donors (Lipinski definition) is 1. The van der Waals surface area contributed by atoms with Crippen LogP contribution in [0.2, 0.25) is 0 Å². The van der Waals surface area contributed by atoms with Crippen LogP contribution in [0.25, 0.3) is 0 Å². The van der Waals surface area contributed by atoms with Crippen molar-refractivity contribution in [2.24, 2.45) is 11.8 Å². The van der Waals surface area contributed by atoms with E-state index in [1.807, 2.05) is 6.92 Å². The van der Waals surface area contributed by atoms with Crippen molar-refractivity contribution in [3.63, 3.8) is 0 Å². The van der Waals surface area contributed by atoms with Crippen LogP contribution in [-0.4, -0.2) is 11.2 Å². The Kier molecular flexibility index (Phi) is 2.72. The van der Waals surface area contributed by atoms with E-state index in [-0.39, 0.29) is 6.10 Å². The van der Waals surface area contributed by atoms with E-state index in [2.05, 4.69) is 6.92 Å². The maximum Gasteiger partial charge on any atom is 0.0542 e. The zero-order valence-electron chi connectivity index (χ0n) is 7.01. The van der Waals surface area contributed by atoms with Gasteiger partial charge in [-0.2, -0.15) is 0 Å². The third-order valence-electron chi connectivity index (χ3n) is 2.80. The summed E-state index contributed by atoms with van der Waals surface area (Å²) in [4.78, 5) is 0. The average Bonchev–Trinajstić information content (AvgIpc) is 1.88. The molecule has 0 aromatic heterocycles. The molecule has 0 aliphatic heterocycles. The Labute approximate surface area is 63.4 Å². The van der Waals surface area contributed by atoms with Crippen molar-refractivity contribution < 1.29 is 5.11 Å². The Morgan fingerprint density at radius 2 is 1.90 bits per heavy atom. The van der Waals surface area contributed by atoms with Crippen LogP contribution in [0.1, 0.15) is 39.5 Å². The van der Waals surface area contributed by atoms with Gasteiger partial charge in [-0.1, -0.05) is 26.2 Å². The number of hydrogen-bond acceptors (Lipinski definition) is 1. The lowest BCUT2D eigenvalue weighted by Crippen LogP contribution is -2.26. The normalized spacial score (nSPS) is 37.5. The highest BCUT2D eigenvalue weighted by molar-refractivity contribution is 4.75. The van der Waals surface area contributed by atoms with Gasteiger partial charge >= 0.3 is 0 Å². The molecule has 1 nitrogen and oxygen atoms in total. The summed E-state index contributed by atoms with van der Waals surface area (Å²) >= 11 is 0. The maximum absolute atomic E-state index is 9.35. The molecule has 1 aliphatic rings. The average molecular weight is 142 g/mol. The van der Waals surface area contributed by atoms with E-state index in [9.17, 15) is 5.11 Å². The molecule has 0 bridgehead atoms. The summed E-state index contributed by atoms with van der Waals surface area (Å²) < 4.78 is 0. The summed E-state index contributed by atoms with van der Waals surface area (Å²) in [6, 6.07) is 0. The number of aliphatic hydroxyl groups is 1. The fourth-order valence-electron chi connectivity index (χ4n) is 2.06. The second kappa shape index (κ2) is 3.38. The van der Waals surface area contributed by atoms with Gasteiger partial charge in [-0.05, 0) is 25.2 Å². The van der Waals surface area contributed by atoms with E-state index in [1.54, 1.807) is 0 Å². The van der Waals surface area contributed by atoms with Gasteiger partial charge in [0.1, 0.15) is 0 Å². The van der Waals surface area contributed by atoms with Crippen LogP contribution in [0.5, 0.6) is 0 Å². The molecule has 3 atom stereocenters. The molecule has 1 heteroatoms. The van der Waals surface area contributed by atoms with Crippen LogP contribution in [0, 0.1) is 11.8 Å². The molecule has 1 saturated carbocycles. The Hall–Kier alpha value is -0.0400. The second-order valence-corrected chi connectivity index (χ2v) is 3.67. The van der Waals surface area contributed by atoms with Crippen molar-refractivity contribution in [1.29, 1.82) is 0 Å². The fraction of sp³-hybridized carbons (Fsp3) is 1.00. The number of aliphatic hydroxyl groups excluding tert-OH is 1. The first-order valence-electron chi connectivity index (χ1n) is 4.40. The highest BCUT2D eigenvalue weighted by Crippen LogP contribution is 2.31. The Morgan fingerprint density at radius 3 is 2.30 bits per heavy atom. The van der Waals surface area contributed by atoms with Crippen LogP contribution < -0.4 is 0 Å². The zero-order valence-corrected chi connectivity index (χ0v) is 7.01. The maximum atomic E-state index is 9.35. The van der Waals surface area contributed by atoms with Gasteiger partial charge in [0.15, 0.2) is 0 Å². The van der Waals surface area contributed by atoms with Crippen LogP contribution in [0.3, 0.4) is 0 Å². The van der Waals surface area contributed by atoms with Crippen molar-refractivity contribution in [2.45, 2.75) is 45.6 Å². The summed E-state index contributed by atoms with van der Waals surface area (Å²) in [5, 5.41) is 9.35. The molecule has 0 aromatic carbocycles. The largest absolute Gasteiger partial charge is 0.393 e. The zero-order chi connectivity index (χ0) is 7.56. The number of rotatable bonds is 1. The van der Waals surface area contributed by atoms with Gasteiger partial charge in [-0.3, -0.25) is 0 Å². The third kappa shape index (κ3) is 1.72. The SMILES string of the molecule is CC(O)[C@@H]1CCCC[C@H]1C. The van der Waals surface area contributed by atoms with Crippen molar-refractivity contribution in [3.8, 4) is 0 Å². The second-order valence-electron chi connectivity index (χ2n) is 3.67. The van der Waals surface area contributed by atoms with E-state index in [0.717, 1.165) is 5.92 Å². The van der Waals surface area contributed by atoms with Crippen molar-refractivity contribution in [3.05, 3.63) is 0 Å². The molecule has 60 valence electrons. The topological polar surface area (TPSA) is 20.2 Å². The minimum Gasteiger partial charge on any atom is -0.393 e. The molecule has 0 spiro atoms. The van der Waals surface area contributed by atoms with Gasteiger partial charge in [0.2, 0.25) is 0 Å². The molecule has 0 radical (unpaired) electrons. The molecule has 0 amide bonds. The highest BCUT2D eigenvalue weighted by Gasteiger charge is 2.24. The van der Waals surface area contributed by atoms with Crippen LogP contribution in [-0.2, 0) is 0 Å². The van der Waals surface area contributed by atoms with Gasteiger partial charge in [-0.25, -0.2) is 0 Å². The summed E-state index contributed by atoms with van der Waals surface area (Å²) in [5.41, 5.74) is 0. The molecule has 0 saturated heterocycles. The molecule has 1 rings (SSSR count). The van der Waals surface area contributed by atoms with Crippen molar-refractivity contribution >= 4 is 0 Å². The quantitative estimate of drug-likeness (QED) is 0.595. The van der Waals surface area contributed by atoms with Gasteiger partial charge in [0, 0.05) is 0 Å². The fourth-order valence-corrected chi connectivity index (χ4v) is 2.06. The van der Waals surface area contributed by atoms with Gasteiger partial charge in [0.25, 0.3) is 0 Å². The lowest BCUT2D eigenvalue weighted by atomic mass is 9.78. The molecule has 1 aliphatic carbocycles. The monoisotopic (exact) mass is 142 g/mol. The molecular weight excluding hydrogens is 124 g/mol. The van der Waals surface area contributed by atoms with Crippen LogP contribution >= 0.6 is 0 Å². The smallest absolute Gasteiger partial charge is 0.0542 e. The molecular formula is C9H18O. The van der Waals surface area contributed by atoms with E-state index >= 15 is 0 Å². The first-order valence-corrected chi connectivity index (χ1v) is 4.40. The van der Waals surface area contributed by atoms with Gasteiger partial charge in [-0.15, -0.1) is 0 Å². The lowest BCUT2D eigenvalue weighted by molar-refractivity contribution is 0.0678. The predicted molar refractivity (Wildman–Crippen MR) is 42.8 cm³/mol. The van der Waals surface area contributed by atoms with Gasteiger partial charge < -0.3 is 5.11 Å². The summed E-state index contributed by atoms with van der Waals surface area (Å²) in [5.74, 6) is 1.32. The molecule has 1 fully saturated rings. The summed E-state index contributed by atoms with van der Waals surface area (Å²) in [7, 11) is 0. The molecule has 1 N–H and O–H groups in total. The van der Waals surface area contributed by atoms with Crippen molar-refractivity contribution in [1.82, 2.24) is 0 Å². The molecule has 10 heavy (non-hydrogen) atoms. The third-order valence-corrected chi connectivity index (χ3v) is 2.80. The Morgan fingerprint density at radius 1 is 1.30 bits per heavy atom. The molecule has 0 heterocycles. The lowest BCUT2D eigenvalue weighted by Gasteiger charge is -2.30. The predicted octanol–water partition coefficient (Wildman–Crippen LogP) is 2.19. The molecule has 1 unspecified atom stereocenters. The first-order chi connectivity index (χ1) is 4.72. The minimum atomic E-state index is -0.0877. The summed E-state index contributed by atoms with van der Waals surface area (Å²) in [6.07, 6.45) is 5.15. The van der Waals surface area contributed by atoms with Crippen LogP contribution in [0.15, 0.2) is 0 Å². The van der Waals surface area contributed by atoms with Gasteiger partial charge in [0.05, 0.1) is 6.10 Å². The Balaban J connectivity index is 2.40. The van der Waals surface area contributed by atoms with E-state index in [0.29, 0.717) is 5.92 Å². The molecule has 0 aromatic rings. The van der Waals surface area contributed by atoms with E-state index < -0.39 is 0 Å². The highest BCUT2D eigenvalue weighted by atomic mass is 16.3. The first kappa shape index (κ1) is 8.06.